The van der Waals surface area contributed by atoms with E-state index in [1.54, 1.807) is 33.8 Å². The molecule has 0 bridgehead atoms. The molecule has 0 radical (unpaired) electrons. The lowest BCUT2D eigenvalue weighted by Crippen LogP contribution is -2.38. The fourth-order valence-corrected chi connectivity index (χ4v) is 3.56. The Kier molecular flexibility index (Phi) is 6.52. The highest BCUT2D eigenvalue weighted by molar-refractivity contribution is 7.89. The lowest BCUT2D eigenvalue weighted by molar-refractivity contribution is 0.0940. The van der Waals surface area contributed by atoms with Crippen molar-refractivity contribution in [1.82, 2.24) is 9.62 Å². The Bertz CT molecular complexity index is 625. The lowest BCUT2D eigenvalue weighted by Gasteiger charge is -2.19. The number of aryl methyl sites for hydroxylation is 1. The average Bonchev–Trinajstić information content (AvgIpc) is 2.48. The van der Waals surface area contributed by atoms with E-state index in [9.17, 15) is 13.2 Å². The molecule has 3 N–H and O–H groups in total. The molecule has 22 heavy (non-hydrogen) atoms. The lowest BCUT2D eigenvalue weighted by atomic mass is 10.1. The second kappa shape index (κ2) is 7.71. The van der Waals surface area contributed by atoms with Crippen molar-refractivity contribution in [3.63, 3.8) is 0 Å². The third kappa shape index (κ3) is 4.06. The van der Waals surface area contributed by atoms with Crippen LogP contribution in [0.3, 0.4) is 0 Å². The van der Waals surface area contributed by atoms with Crippen molar-refractivity contribution >= 4 is 15.9 Å². The number of hydrogen-bond donors (Lipinski definition) is 2. The zero-order valence-electron chi connectivity index (χ0n) is 13.6. The van der Waals surface area contributed by atoms with Crippen LogP contribution < -0.4 is 11.1 Å². The molecule has 7 heteroatoms. The van der Waals surface area contributed by atoms with Gasteiger partial charge in [-0.15, -0.1) is 0 Å². The van der Waals surface area contributed by atoms with Gasteiger partial charge in [-0.05, 0) is 31.5 Å². The van der Waals surface area contributed by atoms with Crippen LogP contribution in [0.25, 0.3) is 0 Å². The molecule has 1 amide bonds. The highest BCUT2D eigenvalue weighted by atomic mass is 32.2. The van der Waals surface area contributed by atoms with Crippen LogP contribution >= 0.6 is 0 Å². The number of benzene rings is 1. The van der Waals surface area contributed by atoms with Gasteiger partial charge < -0.3 is 11.1 Å². The van der Waals surface area contributed by atoms with Crippen LogP contribution in [0.5, 0.6) is 0 Å². The van der Waals surface area contributed by atoms with Crippen molar-refractivity contribution in [3.8, 4) is 0 Å². The highest BCUT2D eigenvalue weighted by Gasteiger charge is 2.23. The molecule has 6 nitrogen and oxygen atoms in total. The van der Waals surface area contributed by atoms with Crippen molar-refractivity contribution < 1.29 is 13.2 Å². The zero-order chi connectivity index (χ0) is 16.9. The van der Waals surface area contributed by atoms with Gasteiger partial charge in [0.15, 0.2) is 0 Å². The molecule has 0 aromatic heterocycles. The van der Waals surface area contributed by atoms with E-state index in [0.717, 1.165) is 5.56 Å². The van der Waals surface area contributed by atoms with Gasteiger partial charge in [0.1, 0.15) is 0 Å². The molecule has 0 fully saturated rings. The first-order chi connectivity index (χ1) is 10.3. The maximum Gasteiger partial charge on any atom is 0.251 e. The molecule has 1 rings (SSSR count). The maximum atomic E-state index is 12.5. The van der Waals surface area contributed by atoms with Crippen molar-refractivity contribution in [2.45, 2.75) is 38.6 Å². The number of nitrogens with zero attached hydrogens (tertiary/aromatic N) is 1. The minimum absolute atomic E-state index is 0.132. The fraction of sp³-hybridized carbons (Fsp3) is 0.533. The summed E-state index contributed by atoms with van der Waals surface area (Å²) >= 11 is 0. The third-order valence-electron chi connectivity index (χ3n) is 3.53. The van der Waals surface area contributed by atoms with Crippen LogP contribution in [0.2, 0.25) is 0 Å². The number of rotatable bonds is 7. The average molecular weight is 327 g/mol. The molecule has 0 saturated carbocycles. The second-order valence-corrected chi connectivity index (χ2v) is 7.11. The van der Waals surface area contributed by atoms with Crippen molar-refractivity contribution in [3.05, 3.63) is 29.3 Å². The fourth-order valence-electron chi connectivity index (χ4n) is 2.08. The summed E-state index contributed by atoms with van der Waals surface area (Å²) in [5.41, 5.74) is 6.57. The molecule has 0 spiro atoms. The number of sulfonamides is 1. The Hall–Kier alpha value is -1.44. The molecular weight excluding hydrogens is 302 g/mol. The standard InChI is InChI=1S/C15H25N3O3S/c1-5-18(6-2)22(20,21)13-8-7-11(3)14(9-13)15(19)17-12(4)10-16/h7-9,12H,5-6,10,16H2,1-4H3,(H,17,19)/t12-/m0/s1. The molecular formula is C15H25N3O3S. The Morgan fingerprint density at radius 2 is 1.91 bits per heavy atom. The normalized spacial score (nSPS) is 13.2. The molecule has 124 valence electrons. The first kappa shape index (κ1) is 18.6. The van der Waals surface area contributed by atoms with Gasteiger partial charge in [-0.25, -0.2) is 8.42 Å². The van der Waals surface area contributed by atoms with Gasteiger partial charge >= 0.3 is 0 Å². The van der Waals surface area contributed by atoms with E-state index < -0.39 is 10.0 Å². The Balaban J connectivity index is 3.22. The van der Waals surface area contributed by atoms with Crippen LogP contribution in [-0.2, 0) is 10.0 Å². The third-order valence-corrected chi connectivity index (χ3v) is 5.57. The summed E-state index contributed by atoms with van der Waals surface area (Å²) in [6.07, 6.45) is 0. The van der Waals surface area contributed by atoms with E-state index in [4.69, 9.17) is 5.73 Å². The molecule has 0 unspecified atom stereocenters. The first-order valence-electron chi connectivity index (χ1n) is 7.39. The van der Waals surface area contributed by atoms with E-state index in [1.165, 1.54) is 16.4 Å². The predicted octanol–water partition coefficient (Wildman–Crippen LogP) is 1.10. The number of carbonyl (C=O) groups excluding carboxylic acids is 1. The first-order valence-corrected chi connectivity index (χ1v) is 8.83. The zero-order valence-corrected chi connectivity index (χ0v) is 14.4. The monoisotopic (exact) mass is 327 g/mol. The van der Waals surface area contributed by atoms with Crippen molar-refractivity contribution in [2.75, 3.05) is 19.6 Å². The molecule has 1 aromatic rings. The summed E-state index contributed by atoms with van der Waals surface area (Å²) in [7, 11) is -3.58. The van der Waals surface area contributed by atoms with E-state index in [0.29, 0.717) is 25.2 Å². The summed E-state index contributed by atoms with van der Waals surface area (Å²) < 4.78 is 26.4. The minimum Gasteiger partial charge on any atom is -0.348 e. The van der Waals surface area contributed by atoms with Gasteiger partial charge in [0.05, 0.1) is 4.90 Å². The Morgan fingerprint density at radius 1 is 1.32 bits per heavy atom. The summed E-state index contributed by atoms with van der Waals surface area (Å²) in [4.78, 5) is 12.4. The van der Waals surface area contributed by atoms with Crippen LogP contribution in [-0.4, -0.2) is 44.3 Å². The number of nitrogens with two attached hydrogens (primary N) is 1. The molecule has 0 aliphatic rings. The minimum atomic E-state index is -3.58. The Labute approximate surface area is 132 Å². The summed E-state index contributed by atoms with van der Waals surface area (Å²) in [5, 5.41) is 2.75. The summed E-state index contributed by atoms with van der Waals surface area (Å²) in [5.74, 6) is -0.313. The second-order valence-electron chi connectivity index (χ2n) is 5.18. The van der Waals surface area contributed by atoms with Crippen molar-refractivity contribution in [2.24, 2.45) is 5.73 Å². The van der Waals surface area contributed by atoms with Gasteiger partial charge in [0.25, 0.3) is 5.91 Å². The van der Waals surface area contributed by atoms with E-state index in [-0.39, 0.29) is 16.8 Å². The SMILES string of the molecule is CCN(CC)S(=O)(=O)c1ccc(C)c(C(=O)N[C@@H](C)CN)c1. The molecule has 1 aromatic carbocycles. The van der Waals surface area contributed by atoms with Gasteiger partial charge in [0, 0.05) is 31.2 Å². The van der Waals surface area contributed by atoms with E-state index >= 15 is 0 Å². The molecule has 0 aliphatic heterocycles. The van der Waals surface area contributed by atoms with Gasteiger partial charge in [-0.3, -0.25) is 4.79 Å². The van der Waals surface area contributed by atoms with Crippen LogP contribution in [0.1, 0.15) is 36.7 Å². The maximum absolute atomic E-state index is 12.5. The largest absolute Gasteiger partial charge is 0.348 e. The summed E-state index contributed by atoms with van der Waals surface area (Å²) in [6.45, 7) is 8.23. The number of nitrogens with one attached hydrogen (secondary N) is 1. The van der Waals surface area contributed by atoms with Gasteiger partial charge in [-0.1, -0.05) is 19.9 Å². The number of hydrogen-bond acceptors (Lipinski definition) is 4. The smallest absolute Gasteiger partial charge is 0.251 e. The quantitative estimate of drug-likeness (QED) is 0.784. The van der Waals surface area contributed by atoms with Crippen LogP contribution in [0.4, 0.5) is 0 Å². The van der Waals surface area contributed by atoms with Crippen LogP contribution in [0.15, 0.2) is 23.1 Å². The van der Waals surface area contributed by atoms with Crippen LogP contribution in [0, 0.1) is 6.92 Å². The van der Waals surface area contributed by atoms with Gasteiger partial charge in [-0.2, -0.15) is 4.31 Å². The Morgan fingerprint density at radius 3 is 2.41 bits per heavy atom. The van der Waals surface area contributed by atoms with Crippen molar-refractivity contribution in [1.29, 1.82) is 0 Å². The molecule has 0 heterocycles. The van der Waals surface area contributed by atoms with E-state index in [1.807, 2.05) is 0 Å². The van der Waals surface area contributed by atoms with Gasteiger partial charge in [0.2, 0.25) is 10.0 Å². The van der Waals surface area contributed by atoms with E-state index in [2.05, 4.69) is 5.32 Å². The topological polar surface area (TPSA) is 92.5 Å². The number of amides is 1. The highest BCUT2D eigenvalue weighted by Crippen LogP contribution is 2.19. The molecule has 1 atom stereocenters. The molecule has 0 saturated heterocycles. The summed E-state index contributed by atoms with van der Waals surface area (Å²) in [6, 6.07) is 4.45. The molecule has 0 aliphatic carbocycles. The predicted molar refractivity (Wildman–Crippen MR) is 87.3 cm³/mol. The number of carbonyl (C=O) groups is 1.